The van der Waals surface area contributed by atoms with Crippen molar-refractivity contribution in [2.24, 2.45) is 0 Å². The van der Waals surface area contributed by atoms with Crippen LogP contribution in [0, 0.1) is 24.0 Å². The normalized spacial score (nSPS) is 15.4. The highest BCUT2D eigenvalue weighted by Crippen LogP contribution is 2.34. The Hall–Kier alpha value is -3.80. The van der Waals surface area contributed by atoms with Crippen LogP contribution in [-0.4, -0.2) is 22.1 Å². The zero-order valence-electron chi connectivity index (χ0n) is 15.7. The van der Waals surface area contributed by atoms with Gasteiger partial charge in [0, 0.05) is 41.4 Å². The number of hydrogen-bond acceptors (Lipinski definition) is 3. The van der Waals surface area contributed by atoms with Gasteiger partial charge >= 0.3 is 6.03 Å². The van der Waals surface area contributed by atoms with Crippen LogP contribution in [0.15, 0.2) is 40.9 Å². The van der Waals surface area contributed by atoms with Crippen molar-refractivity contribution < 1.29 is 22.5 Å². The van der Waals surface area contributed by atoms with Crippen molar-refractivity contribution in [3.05, 3.63) is 76.5 Å². The van der Waals surface area contributed by atoms with E-state index in [0.29, 0.717) is 34.7 Å². The Morgan fingerprint density at radius 1 is 1.27 bits per heavy atom. The summed E-state index contributed by atoms with van der Waals surface area (Å²) in [4.78, 5) is 17.6. The second kappa shape index (κ2) is 7.55. The first-order valence-electron chi connectivity index (χ1n) is 9.05. The summed E-state index contributed by atoms with van der Waals surface area (Å²) >= 11 is 0. The number of fused-ring (bicyclic) bond motifs is 1. The number of aromatic nitrogens is 1. The maximum atomic E-state index is 13.4. The molecule has 2 amide bonds. The number of nitrogens with one attached hydrogen (secondary N) is 1. The van der Waals surface area contributed by atoms with E-state index < -0.39 is 23.5 Å². The highest BCUT2D eigenvalue weighted by molar-refractivity contribution is 5.90. The summed E-state index contributed by atoms with van der Waals surface area (Å²) in [5.41, 5.74) is 2.31. The largest absolute Gasteiger partial charge is 0.356 e. The second-order valence-electron chi connectivity index (χ2n) is 6.96. The lowest BCUT2D eigenvalue weighted by atomic mass is 9.97. The molecule has 1 aromatic heterocycles. The number of anilines is 1. The van der Waals surface area contributed by atoms with Crippen molar-refractivity contribution in [1.29, 1.82) is 0 Å². The fraction of sp³-hybridized carbons (Fsp3) is 0.190. The van der Waals surface area contributed by atoms with Gasteiger partial charge in [-0.1, -0.05) is 23.4 Å². The van der Waals surface area contributed by atoms with E-state index in [1.54, 1.807) is 24.3 Å². The van der Waals surface area contributed by atoms with Crippen molar-refractivity contribution in [1.82, 2.24) is 10.1 Å². The van der Waals surface area contributed by atoms with Crippen LogP contribution in [0.5, 0.6) is 0 Å². The SMILES string of the molecule is [C-]#[N+]c1cccc(-c2onc3c2CN(C(=O)Nc2cc(F)c(F)c(F)c2)[C@@H](C)C3)c1. The second-order valence-corrected chi connectivity index (χ2v) is 6.96. The molecule has 0 saturated heterocycles. The molecule has 0 radical (unpaired) electrons. The first-order chi connectivity index (χ1) is 14.4. The van der Waals surface area contributed by atoms with Gasteiger partial charge in [-0.15, -0.1) is 0 Å². The molecule has 9 heteroatoms. The highest BCUT2D eigenvalue weighted by atomic mass is 19.2. The fourth-order valence-corrected chi connectivity index (χ4v) is 3.42. The number of halogens is 3. The Balaban J connectivity index is 1.61. The third-order valence-corrected chi connectivity index (χ3v) is 4.95. The molecule has 0 bridgehead atoms. The Kier molecular flexibility index (Phi) is 4.91. The van der Waals surface area contributed by atoms with Crippen LogP contribution >= 0.6 is 0 Å². The minimum atomic E-state index is -1.60. The Bertz CT molecular complexity index is 1160. The zero-order chi connectivity index (χ0) is 21.4. The van der Waals surface area contributed by atoms with Gasteiger partial charge in [0.2, 0.25) is 0 Å². The van der Waals surface area contributed by atoms with Gasteiger partial charge in [-0.05, 0) is 13.0 Å². The summed E-state index contributed by atoms with van der Waals surface area (Å²) in [5, 5.41) is 6.50. The number of rotatable bonds is 2. The molecule has 1 aliphatic heterocycles. The number of urea groups is 1. The molecule has 3 aromatic rings. The predicted molar refractivity (Wildman–Crippen MR) is 102 cm³/mol. The Labute approximate surface area is 169 Å². The minimum absolute atomic E-state index is 0.148. The molecule has 1 atom stereocenters. The van der Waals surface area contributed by atoms with Crippen LogP contribution in [0.2, 0.25) is 0 Å². The van der Waals surface area contributed by atoms with Gasteiger partial charge < -0.3 is 14.7 Å². The van der Waals surface area contributed by atoms with E-state index in [9.17, 15) is 18.0 Å². The first-order valence-corrected chi connectivity index (χ1v) is 9.05. The molecular weight excluding hydrogens is 397 g/mol. The van der Waals surface area contributed by atoms with Gasteiger partial charge in [-0.3, -0.25) is 0 Å². The maximum Gasteiger partial charge on any atom is 0.322 e. The molecule has 6 nitrogen and oxygen atoms in total. The van der Waals surface area contributed by atoms with Crippen LogP contribution in [0.1, 0.15) is 18.2 Å². The van der Waals surface area contributed by atoms with Crippen molar-refractivity contribution in [2.45, 2.75) is 25.9 Å². The fourth-order valence-electron chi connectivity index (χ4n) is 3.42. The van der Waals surface area contributed by atoms with E-state index in [-0.39, 0.29) is 18.3 Å². The molecular formula is C21H15F3N4O2. The van der Waals surface area contributed by atoms with Crippen molar-refractivity contribution >= 4 is 17.4 Å². The van der Waals surface area contributed by atoms with Crippen molar-refractivity contribution in [3.8, 4) is 11.3 Å². The van der Waals surface area contributed by atoms with Crippen LogP contribution in [0.25, 0.3) is 16.2 Å². The standard InChI is InChI=1S/C21H15F3N4O2/c1-11-6-18-15(20(30-27-18)12-4-3-5-13(7-12)25-2)10-28(11)21(29)26-14-8-16(22)19(24)17(23)9-14/h3-5,7-9,11H,6,10H2,1H3,(H,26,29)/t11-/m0/s1. The van der Waals surface area contributed by atoms with Crippen molar-refractivity contribution in [2.75, 3.05) is 5.32 Å². The molecule has 152 valence electrons. The van der Waals surface area contributed by atoms with E-state index in [4.69, 9.17) is 11.1 Å². The molecule has 0 spiro atoms. The average Bonchev–Trinajstić information content (AvgIpc) is 3.14. The van der Waals surface area contributed by atoms with E-state index in [1.807, 2.05) is 6.92 Å². The maximum absolute atomic E-state index is 13.4. The number of hydrogen-bond donors (Lipinski definition) is 1. The van der Waals surface area contributed by atoms with Crippen LogP contribution in [-0.2, 0) is 13.0 Å². The molecule has 1 aliphatic rings. The number of nitrogens with zero attached hydrogens (tertiary/aromatic N) is 3. The summed E-state index contributed by atoms with van der Waals surface area (Å²) in [5.74, 6) is -3.92. The average molecular weight is 412 g/mol. The van der Waals surface area contributed by atoms with Crippen molar-refractivity contribution in [3.63, 3.8) is 0 Å². The molecule has 2 aromatic carbocycles. The molecule has 0 fully saturated rings. The highest BCUT2D eigenvalue weighted by Gasteiger charge is 2.32. The van der Waals surface area contributed by atoms with Crippen LogP contribution < -0.4 is 5.32 Å². The Morgan fingerprint density at radius 2 is 2.00 bits per heavy atom. The molecule has 4 rings (SSSR count). The summed E-state index contributed by atoms with van der Waals surface area (Å²) < 4.78 is 45.5. The van der Waals surface area contributed by atoms with E-state index >= 15 is 0 Å². The molecule has 1 N–H and O–H groups in total. The summed E-state index contributed by atoms with van der Waals surface area (Å²) in [6.07, 6.45) is 0.418. The van der Waals surface area contributed by atoms with Gasteiger partial charge in [0.1, 0.15) is 0 Å². The molecule has 0 saturated carbocycles. The molecule has 0 aliphatic carbocycles. The third kappa shape index (κ3) is 3.48. The Morgan fingerprint density at radius 3 is 2.70 bits per heavy atom. The smallest absolute Gasteiger partial charge is 0.322 e. The number of amides is 2. The predicted octanol–water partition coefficient (Wildman–Crippen LogP) is 5.29. The summed E-state index contributed by atoms with van der Waals surface area (Å²) in [6, 6.07) is 7.42. The van der Waals surface area contributed by atoms with Crippen LogP contribution in [0.3, 0.4) is 0 Å². The van der Waals surface area contributed by atoms with Gasteiger partial charge in [-0.25, -0.2) is 22.8 Å². The number of carbonyl (C=O) groups is 1. The van der Waals surface area contributed by atoms with Gasteiger partial charge in [0.25, 0.3) is 0 Å². The summed E-state index contributed by atoms with van der Waals surface area (Å²) in [7, 11) is 0. The quantitative estimate of drug-likeness (QED) is 0.460. The molecule has 30 heavy (non-hydrogen) atoms. The minimum Gasteiger partial charge on any atom is -0.356 e. The number of carbonyl (C=O) groups excluding carboxylic acids is 1. The molecule has 0 unspecified atom stereocenters. The lowest BCUT2D eigenvalue weighted by molar-refractivity contribution is 0.182. The topological polar surface area (TPSA) is 62.7 Å². The summed E-state index contributed by atoms with van der Waals surface area (Å²) in [6.45, 7) is 9.12. The van der Waals surface area contributed by atoms with Gasteiger partial charge in [0.05, 0.1) is 18.8 Å². The third-order valence-electron chi connectivity index (χ3n) is 4.95. The number of benzene rings is 2. The van der Waals surface area contributed by atoms with E-state index in [1.165, 1.54) is 4.90 Å². The van der Waals surface area contributed by atoms with Gasteiger partial charge in [0.15, 0.2) is 28.9 Å². The monoisotopic (exact) mass is 412 g/mol. The molecule has 2 heterocycles. The lowest BCUT2D eigenvalue weighted by Crippen LogP contribution is -2.44. The van der Waals surface area contributed by atoms with Crippen LogP contribution in [0.4, 0.5) is 29.3 Å². The lowest BCUT2D eigenvalue weighted by Gasteiger charge is -2.32. The zero-order valence-corrected chi connectivity index (χ0v) is 15.7. The van der Waals surface area contributed by atoms with Gasteiger partial charge in [-0.2, -0.15) is 0 Å². The first kappa shape index (κ1) is 19.5. The van der Waals surface area contributed by atoms with E-state index in [0.717, 1.165) is 12.1 Å². The van der Waals surface area contributed by atoms with E-state index in [2.05, 4.69) is 15.3 Å².